The van der Waals surface area contributed by atoms with Gasteiger partial charge in [-0.1, -0.05) is 20.8 Å². The van der Waals surface area contributed by atoms with E-state index in [0.29, 0.717) is 29.6 Å². The molecule has 0 saturated heterocycles. The van der Waals surface area contributed by atoms with E-state index in [1.807, 2.05) is 45.1 Å². The average Bonchev–Trinajstić information content (AvgIpc) is 3.56. The van der Waals surface area contributed by atoms with Crippen LogP contribution in [0.25, 0.3) is 28.1 Å². The van der Waals surface area contributed by atoms with E-state index in [-0.39, 0.29) is 11.9 Å². The van der Waals surface area contributed by atoms with Gasteiger partial charge in [-0.15, -0.1) is 0 Å². The Morgan fingerprint density at radius 1 is 1.15 bits per heavy atom. The maximum Gasteiger partial charge on any atom is 0.338 e. The molecule has 1 amide bonds. The SMILES string of the molecule is CCOC(=O)c1cc(OC)n2c(C)c(-c3cc4ccc([C@@H](C)NC(=O)C(C)(C)C)nc4n3CC3CC3)nc2c1. The third-order valence-electron chi connectivity index (χ3n) is 7.26. The lowest BCUT2D eigenvalue weighted by atomic mass is 9.95. The molecule has 1 atom stereocenters. The average molecular weight is 532 g/mol. The second-order valence-corrected chi connectivity index (χ2v) is 11.4. The smallest absolute Gasteiger partial charge is 0.338 e. The van der Waals surface area contributed by atoms with Crippen LogP contribution in [0.5, 0.6) is 5.88 Å². The molecule has 0 bridgehead atoms. The largest absolute Gasteiger partial charge is 0.482 e. The zero-order valence-corrected chi connectivity index (χ0v) is 23.8. The first kappa shape index (κ1) is 26.7. The van der Waals surface area contributed by atoms with E-state index in [9.17, 15) is 9.59 Å². The second-order valence-electron chi connectivity index (χ2n) is 11.4. The lowest BCUT2D eigenvalue weighted by Crippen LogP contribution is -2.36. The highest BCUT2D eigenvalue weighted by Crippen LogP contribution is 2.37. The molecule has 9 nitrogen and oxygen atoms in total. The number of ether oxygens (including phenoxy) is 2. The standard InChI is InChI=1S/C30H37N5O4/c1-8-39-28(36)21-14-24-33-26(18(3)35(24)25(15-21)38-7)23-13-20-11-12-22(17(2)31-29(37)30(4,5)6)32-27(20)34(23)16-19-9-10-19/h11-15,17,19H,8-10,16H2,1-7H3,(H,31,37)/t17-/m1/s1. The lowest BCUT2D eigenvalue weighted by Gasteiger charge is -2.21. The fourth-order valence-corrected chi connectivity index (χ4v) is 4.81. The molecule has 5 rings (SSSR count). The molecule has 4 aromatic heterocycles. The fraction of sp³-hybridized carbons (Fsp3) is 0.467. The maximum atomic E-state index is 12.6. The van der Waals surface area contributed by atoms with E-state index in [1.165, 1.54) is 12.8 Å². The first-order valence-corrected chi connectivity index (χ1v) is 13.6. The van der Waals surface area contributed by atoms with Gasteiger partial charge in [-0.25, -0.2) is 14.8 Å². The van der Waals surface area contributed by atoms with E-state index >= 15 is 0 Å². The minimum absolute atomic E-state index is 0.0117. The van der Waals surface area contributed by atoms with Gasteiger partial charge in [0.1, 0.15) is 17.0 Å². The molecule has 1 fully saturated rings. The molecular formula is C30H37N5O4. The Kier molecular flexibility index (Phi) is 6.86. The van der Waals surface area contributed by atoms with Crippen LogP contribution >= 0.6 is 0 Å². The quantitative estimate of drug-likeness (QED) is 0.302. The van der Waals surface area contributed by atoms with Crippen LogP contribution in [-0.4, -0.2) is 44.5 Å². The van der Waals surface area contributed by atoms with Gasteiger partial charge in [0.2, 0.25) is 5.91 Å². The molecule has 0 spiro atoms. The number of hydrogen-bond acceptors (Lipinski definition) is 6. The number of aromatic nitrogens is 4. The molecule has 4 aromatic rings. The number of fused-ring (bicyclic) bond motifs is 2. The predicted octanol–water partition coefficient (Wildman–Crippen LogP) is 5.48. The first-order valence-electron chi connectivity index (χ1n) is 13.6. The van der Waals surface area contributed by atoms with Gasteiger partial charge in [0.25, 0.3) is 0 Å². The Bertz CT molecular complexity index is 1570. The molecule has 0 aliphatic heterocycles. The van der Waals surface area contributed by atoms with E-state index in [0.717, 1.165) is 40.4 Å². The summed E-state index contributed by atoms with van der Waals surface area (Å²) in [6, 6.07) is 9.36. The summed E-state index contributed by atoms with van der Waals surface area (Å²) in [6.45, 7) is 12.6. The zero-order valence-electron chi connectivity index (χ0n) is 23.8. The molecule has 39 heavy (non-hydrogen) atoms. The topological polar surface area (TPSA) is 99.7 Å². The molecule has 206 valence electrons. The molecule has 9 heteroatoms. The first-order chi connectivity index (χ1) is 18.5. The number of carbonyl (C=O) groups is 2. The van der Waals surface area contributed by atoms with Crippen LogP contribution in [0.15, 0.2) is 30.3 Å². The van der Waals surface area contributed by atoms with Gasteiger partial charge in [0.05, 0.1) is 42.4 Å². The van der Waals surface area contributed by atoms with Crippen LogP contribution in [0.4, 0.5) is 0 Å². The fourth-order valence-electron chi connectivity index (χ4n) is 4.81. The van der Waals surface area contributed by atoms with Gasteiger partial charge in [0, 0.05) is 23.4 Å². The summed E-state index contributed by atoms with van der Waals surface area (Å²) in [5, 5.41) is 4.11. The number of carbonyl (C=O) groups excluding carboxylic acids is 2. The van der Waals surface area contributed by atoms with Crippen molar-refractivity contribution in [1.82, 2.24) is 24.3 Å². The van der Waals surface area contributed by atoms with Crippen molar-refractivity contribution in [1.29, 1.82) is 0 Å². The summed E-state index contributed by atoms with van der Waals surface area (Å²) in [6.07, 6.45) is 2.38. The van der Waals surface area contributed by atoms with Crippen molar-refractivity contribution in [2.75, 3.05) is 13.7 Å². The monoisotopic (exact) mass is 531 g/mol. The predicted molar refractivity (Wildman–Crippen MR) is 150 cm³/mol. The molecule has 0 radical (unpaired) electrons. The van der Waals surface area contributed by atoms with Crippen LogP contribution in [-0.2, 0) is 16.1 Å². The van der Waals surface area contributed by atoms with Gasteiger partial charge < -0.3 is 19.4 Å². The molecule has 1 N–H and O–H groups in total. The van der Waals surface area contributed by atoms with E-state index in [1.54, 1.807) is 26.2 Å². The van der Waals surface area contributed by atoms with Crippen molar-refractivity contribution in [3.05, 3.63) is 47.3 Å². The van der Waals surface area contributed by atoms with Gasteiger partial charge in [-0.3, -0.25) is 9.20 Å². The molecule has 0 aromatic carbocycles. The summed E-state index contributed by atoms with van der Waals surface area (Å²) in [5.41, 5.74) is 4.90. The van der Waals surface area contributed by atoms with Crippen LogP contribution in [0.1, 0.15) is 75.2 Å². The number of nitrogens with zero attached hydrogens (tertiary/aromatic N) is 4. The summed E-state index contributed by atoms with van der Waals surface area (Å²) in [7, 11) is 1.58. The highest BCUT2D eigenvalue weighted by molar-refractivity contribution is 5.91. The van der Waals surface area contributed by atoms with Gasteiger partial charge >= 0.3 is 5.97 Å². The number of methoxy groups -OCH3 is 1. The number of rotatable bonds is 8. The molecule has 4 heterocycles. The Labute approximate surface area is 228 Å². The number of nitrogens with one attached hydrogen (secondary N) is 1. The Balaban J connectivity index is 1.62. The van der Waals surface area contributed by atoms with Crippen molar-refractivity contribution < 1.29 is 19.1 Å². The molecule has 1 aliphatic rings. The Hall–Kier alpha value is -3.88. The third kappa shape index (κ3) is 5.10. The second kappa shape index (κ2) is 10.0. The Morgan fingerprint density at radius 2 is 1.90 bits per heavy atom. The number of pyridine rings is 2. The minimum atomic E-state index is -0.480. The summed E-state index contributed by atoms with van der Waals surface area (Å²) in [4.78, 5) is 35.1. The lowest BCUT2D eigenvalue weighted by molar-refractivity contribution is -0.129. The molecule has 1 saturated carbocycles. The highest BCUT2D eigenvalue weighted by Gasteiger charge is 2.28. The third-order valence-corrected chi connectivity index (χ3v) is 7.26. The van der Waals surface area contributed by atoms with Crippen LogP contribution in [0, 0.1) is 18.3 Å². The Morgan fingerprint density at radius 3 is 2.54 bits per heavy atom. The maximum absolute atomic E-state index is 12.6. The number of amides is 1. The van der Waals surface area contributed by atoms with Crippen molar-refractivity contribution in [2.45, 2.75) is 67.0 Å². The summed E-state index contributed by atoms with van der Waals surface area (Å²) < 4.78 is 15.0. The zero-order chi connectivity index (χ0) is 28.1. The van der Waals surface area contributed by atoms with E-state index < -0.39 is 11.4 Å². The summed E-state index contributed by atoms with van der Waals surface area (Å²) >= 11 is 0. The number of aryl methyl sites for hydroxylation is 1. The molecule has 0 unspecified atom stereocenters. The number of hydrogen-bond donors (Lipinski definition) is 1. The van der Waals surface area contributed by atoms with Crippen molar-refractivity contribution >= 4 is 28.6 Å². The highest BCUT2D eigenvalue weighted by atomic mass is 16.5. The van der Waals surface area contributed by atoms with Crippen LogP contribution in [0.3, 0.4) is 0 Å². The van der Waals surface area contributed by atoms with Gasteiger partial charge in [-0.05, 0) is 63.8 Å². The van der Waals surface area contributed by atoms with Crippen molar-refractivity contribution in [2.24, 2.45) is 11.3 Å². The summed E-state index contributed by atoms with van der Waals surface area (Å²) in [5.74, 6) is 0.695. The van der Waals surface area contributed by atoms with Crippen molar-refractivity contribution in [3.8, 4) is 17.3 Å². The van der Waals surface area contributed by atoms with E-state index in [4.69, 9.17) is 19.4 Å². The number of imidazole rings is 1. The minimum Gasteiger partial charge on any atom is -0.482 e. The molecule has 1 aliphatic carbocycles. The molecular weight excluding hydrogens is 494 g/mol. The van der Waals surface area contributed by atoms with Crippen LogP contribution < -0.4 is 10.1 Å². The van der Waals surface area contributed by atoms with Gasteiger partial charge in [0.15, 0.2) is 5.88 Å². The number of esters is 1. The van der Waals surface area contributed by atoms with Crippen LogP contribution in [0.2, 0.25) is 0 Å². The van der Waals surface area contributed by atoms with Gasteiger partial charge in [-0.2, -0.15) is 0 Å². The normalized spacial score (nSPS) is 14.5. The van der Waals surface area contributed by atoms with Crippen molar-refractivity contribution in [3.63, 3.8) is 0 Å². The van der Waals surface area contributed by atoms with E-state index in [2.05, 4.69) is 22.0 Å².